The van der Waals surface area contributed by atoms with Crippen LogP contribution in [0.3, 0.4) is 0 Å². The van der Waals surface area contributed by atoms with E-state index in [0.717, 1.165) is 17.8 Å². The molecule has 6 nitrogen and oxygen atoms in total. The third kappa shape index (κ3) is 3.25. The van der Waals surface area contributed by atoms with Gasteiger partial charge in [-0.2, -0.15) is 5.10 Å². The number of aromatic nitrogens is 3. The first-order chi connectivity index (χ1) is 9.20. The van der Waals surface area contributed by atoms with Crippen molar-refractivity contribution in [3.63, 3.8) is 0 Å². The molecular formula is C13H15N5O. The Hall–Kier alpha value is -2.50. The predicted molar refractivity (Wildman–Crippen MR) is 73.1 cm³/mol. The van der Waals surface area contributed by atoms with E-state index in [1.807, 2.05) is 26.0 Å². The van der Waals surface area contributed by atoms with E-state index in [0.29, 0.717) is 5.56 Å². The van der Waals surface area contributed by atoms with Crippen LogP contribution in [0.1, 0.15) is 22.8 Å². The van der Waals surface area contributed by atoms with Crippen LogP contribution >= 0.6 is 0 Å². The number of anilines is 2. The summed E-state index contributed by atoms with van der Waals surface area (Å²) in [4.78, 5) is 16.0. The van der Waals surface area contributed by atoms with Gasteiger partial charge in [0.15, 0.2) is 0 Å². The molecular weight excluding hydrogens is 242 g/mol. The topological polar surface area (TPSA) is 79.8 Å². The lowest BCUT2D eigenvalue weighted by Crippen LogP contribution is -2.15. The van der Waals surface area contributed by atoms with Gasteiger partial charge in [-0.15, -0.1) is 5.10 Å². The summed E-state index contributed by atoms with van der Waals surface area (Å²) in [6.45, 7) is 4.75. The molecule has 1 aromatic carbocycles. The molecule has 98 valence electrons. The molecule has 0 saturated heterocycles. The number of benzene rings is 1. The summed E-state index contributed by atoms with van der Waals surface area (Å²) >= 11 is 0. The van der Waals surface area contributed by atoms with E-state index in [1.54, 1.807) is 6.07 Å². The van der Waals surface area contributed by atoms with E-state index >= 15 is 0 Å². The zero-order chi connectivity index (χ0) is 13.7. The van der Waals surface area contributed by atoms with E-state index in [1.165, 1.54) is 12.4 Å². The maximum absolute atomic E-state index is 12.1. The number of carbonyl (C=O) groups is 1. The Labute approximate surface area is 111 Å². The van der Waals surface area contributed by atoms with Crippen LogP contribution in [-0.2, 0) is 0 Å². The lowest BCUT2D eigenvalue weighted by Gasteiger charge is -2.09. The zero-order valence-corrected chi connectivity index (χ0v) is 10.8. The van der Waals surface area contributed by atoms with Crippen LogP contribution in [0.25, 0.3) is 0 Å². The maximum Gasteiger partial charge on any atom is 0.258 e. The fraction of sp³-hybridized carbons (Fsp3) is 0.231. The second kappa shape index (κ2) is 5.90. The zero-order valence-electron chi connectivity index (χ0n) is 10.8. The molecule has 0 unspecified atom stereocenters. The molecule has 0 aliphatic rings. The van der Waals surface area contributed by atoms with Crippen molar-refractivity contribution in [2.45, 2.75) is 13.8 Å². The van der Waals surface area contributed by atoms with Gasteiger partial charge in [0.05, 0.1) is 12.4 Å². The van der Waals surface area contributed by atoms with Crippen LogP contribution in [0.4, 0.5) is 11.6 Å². The van der Waals surface area contributed by atoms with Crippen molar-refractivity contribution in [2.75, 3.05) is 17.2 Å². The average Bonchev–Trinajstić information content (AvgIpc) is 2.40. The molecule has 0 fully saturated rings. The Morgan fingerprint density at radius 3 is 2.79 bits per heavy atom. The van der Waals surface area contributed by atoms with Gasteiger partial charge in [-0.05, 0) is 37.6 Å². The van der Waals surface area contributed by atoms with Crippen molar-refractivity contribution < 1.29 is 4.79 Å². The fourth-order valence-electron chi connectivity index (χ4n) is 1.71. The lowest BCUT2D eigenvalue weighted by molar-refractivity contribution is 0.102. The number of amides is 1. The highest BCUT2D eigenvalue weighted by atomic mass is 16.1. The van der Waals surface area contributed by atoms with E-state index in [9.17, 15) is 4.79 Å². The molecule has 19 heavy (non-hydrogen) atoms. The van der Waals surface area contributed by atoms with E-state index in [-0.39, 0.29) is 11.9 Å². The summed E-state index contributed by atoms with van der Waals surface area (Å²) in [7, 11) is 0. The normalized spacial score (nSPS) is 10.0. The van der Waals surface area contributed by atoms with Gasteiger partial charge in [0.25, 0.3) is 5.91 Å². The first kappa shape index (κ1) is 12.9. The molecule has 2 aromatic rings. The van der Waals surface area contributed by atoms with Gasteiger partial charge in [-0.1, -0.05) is 0 Å². The summed E-state index contributed by atoms with van der Waals surface area (Å²) in [5.41, 5.74) is 2.48. The molecule has 0 bridgehead atoms. The Bertz CT molecular complexity index is 571. The van der Waals surface area contributed by atoms with Crippen molar-refractivity contribution in [1.82, 2.24) is 15.2 Å². The number of nitrogens with zero attached hydrogens (tertiary/aromatic N) is 3. The smallest absolute Gasteiger partial charge is 0.258 e. The maximum atomic E-state index is 12.1. The van der Waals surface area contributed by atoms with Crippen LogP contribution in [0.5, 0.6) is 0 Å². The van der Waals surface area contributed by atoms with Gasteiger partial charge in [0.1, 0.15) is 0 Å². The largest absolute Gasteiger partial charge is 0.385 e. The Morgan fingerprint density at radius 1 is 1.32 bits per heavy atom. The van der Waals surface area contributed by atoms with Gasteiger partial charge in [-0.25, -0.2) is 4.98 Å². The molecule has 0 saturated carbocycles. The highest BCUT2D eigenvalue weighted by Gasteiger charge is 2.10. The minimum atomic E-state index is -0.242. The van der Waals surface area contributed by atoms with Crippen LogP contribution in [0, 0.1) is 6.92 Å². The first-order valence-electron chi connectivity index (χ1n) is 6.00. The van der Waals surface area contributed by atoms with Gasteiger partial charge in [-0.3, -0.25) is 10.1 Å². The third-order valence-electron chi connectivity index (χ3n) is 2.56. The van der Waals surface area contributed by atoms with Crippen LogP contribution in [-0.4, -0.2) is 27.6 Å². The first-order valence-corrected chi connectivity index (χ1v) is 6.00. The van der Waals surface area contributed by atoms with Gasteiger partial charge >= 0.3 is 0 Å². The molecule has 0 aliphatic carbocycles. The molecule has 0 atom stereocenters. The van der Waals surface area contributed by atoms with E-state index < -0.39 is 0 Å². The molecule has 0 spiro atoms. The number of hydrogen-bond acceptors (Lipinski definition) is 5. The standard InChI is InChI=1S/C13H15N5O/c1-3-14-10-4-5-11(9(2)8-10)12(19)17-13-15-6-7-16-18-13/h4-8,14H,3H2,1-2H3,(H,15,17,18,19). The lowest BCUT2D eigenvalue weighted by atomic mass is 10.1. The van der Waals surface area contributed by atoms with Crippen LogP contribution in [0.2, 0.25) is 0 Å². The molecule has 0 aliphatic heterocycles. The summed E-state index contributed by atoms with van der Waals surface area (Å²) in [5, 5.41) is 13.2. The van der Waals surface area contributed by atoms with Crippen molar-refractivity contribution in [3.8, 4) is 0 Å². The molecule has 0 radical (unpaired) electrons. The molecule has 1 aromatic heterocycles. The number of rotatable bonds is 4. The SMILES string of the molecule is CCNc1ccc(C(=O)Nc2nccnn2)c(C)c1. The third-order valence-corrected chi connectivity index (χ3v) is 2.56. The Kier molecular flexibility index (Phi) is 4.02. The van der Waals surface area contributed by atoms with Crippen molar-refractivity contribution in [3.05, 3.63) is 41.7 Å². The van der Waals surface area contributed by atoms with Gasteiger partial charge in [0, 0.05) is 17.8 Å². The summed E-state index contributed by atoms with van der Waals surface area (Å²) in [6, 6.07) is 5.58. The quantitative estimate of drug-likeness (QED) is 0.874. The molecule has 1 amide bonds. The van der Waals surface area contributed by atoms with Crippen LogP contribution < -0.4 is 10.6 Å². The van der Waals surface area contributed by atoms with Crippen molar-refractivity contribution >= 4 is 17.5 Å². The summed E-state index contributed by atoms with van der Waals surface area (Å²) in [6.07, 6.45) is 2.93. The van der Waals surface area contributed by atoms with Crippen LogP contribution in [0.15, 0.2) is 30.6 Å². The predicted octanol–water partition coefficient (Wildman–Crippen LogP) is 1.86. The minimum Gasteiger partial charge on any atom is -0.385 e. The van der Waals surface area contributed by atoms with E-state index in [4.69, 9.17) is 0 Å². The molecule has 2 rings (SSSR count). The van der Waals surface area contributed by atoms with Crippen molar-refractivity contribution in [2.24, 2.45) is 0 Å². The monoisotopic (exact) mass is 257 g/mol. The second-order valence-electron chi connectivity index (χ2n) is 3.98. The number of carbonyl (C=O) groups excluding carboxylic acids is 1. The highest BCUT2D eigenvalue weighted by molar-refractivity contribution is 6.04. The Morgan fingerprint density at radius 2 is 2.16 bits per heavy atom. The summed E-state index contributed by atoms with van der Waals surface area (Å²) < 4.78 is 0. The van der Waals surface area contributed by atoms with Crippen molar-refractivity contribution in [1.29, 1.82) is 0 Å². The summed E-state index contributed by atoms with van der Waals surface area (Å²) in [5.74, 6) is -0.0452. The average molecular weight is 257 g/mol. The molecule has 6 heteroatoms. The fourth-order valence-corrected chi connectivity index (χ4v) is 1.71. The molecule has 1 heterocycles. The van der Waals surface area contributed by atoms with Gasteiger partial charge < -0.3 is 5.32 Å². The highest BCUT2D eigenvalue weighted by Crippen LogP contribution is 2.15. The number of aryl methyl sites for hydroxylation is 1. The van der Waals surface area contributed by atoms with E-state index in [2.05, 4.69) is 25.8 Å². The minimum absolute atomic E-state index is 0.197. The number of nitrogens with one attached hydrogen (secondary N) is 2. The van der Waals surface area contributed by atoms with Gasteiger partial charge in [0.2, 0.25) is 5.95 Å². The number of hydrogen-bond donors (Lipinski definition) is 2. The Balaban J connectivity index is 2.15. The molecule has 2 N–H and O–H groups in total. The second-order valence-corrected chi connectivity index (χ2v) is 3.98.